The Morgan fingerprint density at radius 2 is 2.00 bits per heavy atom. The number of halogens is 3. The van der Waals surface area contributed by atoms with Crippen molar-refractivity contribution < 1.29 is 13.2 Å². The summed E-state index contributed by atoms with van der Waals surface area (Å²) in [6.45, 7) is 3.40. The standard InChI is InChI=1S/C11H15F3N4/c1-7-4-8(15)6-18(5-7)10-3-2-9(16-17-10)11(12,13)14/h2-3,7-8H,4-6,15H2,1H3. The van der Waals surface area contributed by atoms with Gasteiger partial charge in [-0.1, -0.05) is 6.92 Å². The molecule has 0 saturated carbocycles. The van der Waals surface area contributed by atoms with Crippen molar-refractivity contribution in [2.75, 3.05) is 18.0 Å². The van der Waals surface area contributed by atoms with Crippen LogP contribution in [0.1, 0.15) is 19.0 Å². The Hall–Kier alpha value is -1.37. The van der Waals surface area contributed by atoms with Crippen LogP contribution in [0.3, 0.4) is 0 Å². The number of piperidine rings is 1. The number of alkyl halides is 3. The summed E-state index contributed by atoms with van der Waals surface area (Å²) >= 11 is 0. The molecule has 4 nitrogen and oxygen atoms in total. The smallest absolute Gasteiger partial charge is 0.353 e. The predicted octanol–water partition coefficient (Wildman–Crippen LogP) is 1.67. The number of anilines is 1. The van der Waals surface area contributed by atoms with Gasteiger partial charge in [-0.25, -0.2) is 0 Å². The van der Waals surface area contributed by atoms with Crippen LogP contribution in [0.15, 0.2) is 12.1 Å². The minimum Gasteiger partial charge on any atom is -0.353 e. The lowest BCUT2D eigenvalue weighted by Crippen LogP contribution is -2.46. The first-order valence-corrected chi connectivity index (χ1v) is 5.77. The average molecular weight is 260 g/mol. The molecule has 1 aromatic rings. The maximum atomic E-state index is 12.3. The lowest BCUT2D eigenvalue weighted by Gasteiger charge is -2.35. The number of aromatic nitrogens is 2. The maximum Gasteiger partial charge on any atom is 0.435 e. The molecule has 1 fully saturated rings. The van der Waals surface area contributed by atoms with E-state index in [0.717, 1.165) is 19.0 Å². The normalized spacial score (nSPS) is 25.3. The van der Waals surface area contributed by atoms with Gasteiger partial charge in [-0.2, -0.15) is 13.2 Å². The number of hydrogen-bond acceptors (Lipinski definition) is 4. The predicted molar refractivity (Wildman–Crippen MR) is 61.0 cm³/mol. The van der Waals surface area contributed by atoms with Gasteiger partial charge in [-0.05, 0) is 24.5 Å². The molecule has 1 aliphatic heterocycles. The van der Waals surface area contributed by atoms with Gasteiger partial charge in [0, 0.05) is 19.1 Å². The van der Waals surface area contributed by atoms with Crippen molar-refractivity contribution in [3.8, 4) is 0 Å². The lowest BCUT2D eigenvalue weighted by molar-refractivity contribution is -0.141. The van der Waals surface area contributed by atoms with Gasteiger partial charge < -0.3 is 10.6 Å². The molecule has 2 atom stereocenters. The molecule has 2 unspecified atom stereocenters. The number of hydrogen-bond donors (Lipinski definition) is 1. The molecule has 2 rings (SSSR count). The molecule has 0 aliphatic carbocycles. The second kappa shape index (κ2) is 4.72. The van der Waals surface area contributed by atoms with Gasteiger partial charge in [-0.15, -0.1) is 10.2 Å². The summed E-state index contributed by atoms with van der Waals surface area (Å²) in [6, 6.07) is 2.33. The van der Waals surface area contributed by atoms with Crippen molar-refractivity contribution in [3.05, 3.63) is 17.8 Å². The van der Waals surface area contributed by atoms with Crippen molar-refractivity contribution in [1.29, 1.82) is 0 Å². The molecule has 1 aromatic heterocycles. The van der Waals surface area contributed by atoms with E-state index in [2.05, 4.69) is 17.1 Å². The molecule has 100 valence electrons. The van der Waals surface area contributed by atoms with Crippen LogP contribution in [0.4, 0.5) is 19.0 Å². The van der Waals surface area contributed by atoms with E-state index in [-0.39, 0.29) is 6.04 Å². The Morgan fingerprint density at radius 1 is 1.28 bits per heavy atom. The van der Waals surface area contributed by atoms with Gasteiger partial charge in [0.25, 0.3) is 0 Å². The Balaban J connectivity index is 2.14. The molecule has 1 aliphatic rings. The number of nitrogens with two attached hydrogens (primary N) is 1. The topological polar surface area (TPSA) is 55.0 Å². The van der Waals surface area contributed by atoms with E-state index >= 15 is 0 Å². The van der Waals surface area contributed by atoms with Gasteiger partial charge in [0.15, 0.2) is 11.5 Å². The van der Waals surface area contributed by atoms with E-state index in [0.29, 0.717) is 18.3 Å². The van der Waals surface area contributed by atoms with Crippen molar-refractivity contribution >= 4 is 5.82 Å². The highest BCUT2D eigenvalue weighted by Crippen LogP contribution is 2.28. The summed E-state index contributed by atoms with van der Waals surface area (Å²) in [5, 5.41) is 6.86. The van der Waals surface area contributed by atoms with Gasteiger partial charge in [-0.3, -0.25) is 0 Å². The van der Waals surface area contributed by atoms with E-state index in [9.17, 15) is 13.2 Å². The Kier molecular flexibility index (Phi) is 3.43. The van der Waals surface area contributed by atoms with E-state index in [1.54, 1.807) is 0 Å². The van der Waals surface area contributed by atoms with Crippen LogP contribution < -0.4 is 10.6 Å². The lowest BCUT2D eigenvalue weighted by atomic mass is 9.97. The fraction of sp³-hybridized carbons (Fsp3) is 0.636. The van der Waals surface area contributed by atoms with Crippen LogP contribution in [-0.4, -0.2) is 29.3 Å². The third kappa shape index (κ3) is 2.90. The first-order chi connectivity index (χ1) is 8.36. The monoisotopic (exact) mass is 260 g/mol. The average Bonchev–Trinajstić information content (AvgIpc) is 2.27. The van der Waals surface area contributed by atoms with Crippen LogP contribution in [0.5, 0.6) is 0 Å². The van der Waals surface area contributed by atoms with E-state index in [1.807, 2.05) is 4.90 Å². The van der Waals surface area contributed by atoms with Crippen molar-refractivity contribution in [2.45, 2.75) is 25.6 Å². The van der Waals surface area contributed by atoms with Crippen LogP contribution in [0, 0.1) is 5.92 Å². The molecular weight excluding hydrogens is 245 g/mol. The van der Waals surface area contributed by atoms with E-state index < -0.39 is 11.9 Å². The van der Waals surface area contributed by atoms with Gasteiger partial charge in [0.1, 0.15) is 0 Å². The molecule has 0 amide bonds. The van der Waals surface area contributed by atoms with E-state index in [1.165, 1.54) is 6.07 Å². The largest absolute Gasteiger partial charge is 0.435 e. The summed E-state index contributed by atoms with van der Waals surface area (Å²) in [6.07, 6.45) is -3.53. The quantitative estimate of drug-likeness (QED) is 0.834. The Bertz CT molecular complexity index is 394. The van der Waals surface area contributed by atoms with Crippen molar-refractivity contribution in [2.24, 2.45) is 11.7 Å². The SMILES string of the molecule is CC1CC(N)CN(c2ccc(C(F)(F)F)nn2)C1. The number of rotatable bonds is 1. The fourth-order valence-electron chi connectivity index (χ4n) is 2.23. The first-order valence-electron chi connectivity index (χ1n) is 5.77. The highest BCUT2D eigenvalue weighted by atomic mass is 19.4. The van der Waals surface area contributed by atoms with Crippen LogP contribution >= 0.6 is 0 Å². The highest BCUT2D eigenvalue weighted by molar-refractivity contribution is 5.38. The number of nitrogens with zero attached hydrogens (tertiary/aromatic N) is 3. The molecular formula is C11H15F3N4. The Morgan fingerprint density at radius 3 is 2.50 bits per heavy atom. The summed E-state index contributed by atoms with van der Waals surface area (Å²) in [5.74, 6) is 0.850. The minimum atomic E-state index is -4.45. The van der Waals surface area contributed by atoms with Crippen LogP contribution in [0.2, 0.25) is 0 Å². The zero-order valence-electron chi connectivity index (χ0n) is 9.98. The van der Waals surface area contributed by atoms with Crippen LogP contribution in [-0.2, 0) is 6.18 Å². The van der Waals surface area contributed by atoms with Crippen molar-refractivity contribution in [1.82, 2.24) is 10.2 Å². The maximum absolute atomic E-state index is 12.3. The minimum absolute atomic E-state index is 0.0258. The molecule has 1 saturated heterocycles. The fourth-order valence-corrected chi connectivity index (χ4v) is 2.23. The highest BCUT2D eigenvalue weighted by Gasteiger charge is 2.33. The second-order valence-electron chi connectivity index (χ2n) is 4.78. The zero-order chi connectivity index (χ0) is 13.3. The second-order valence-corrected chi connectivity index (χ2v) is 4.78. The molecule has 0 bridgehead atoms. The molecule has 2 N–H and O–H groups in total. The molecule has 18 heavy (non-hydrogen) atoms. The Labute approximate surface area is 103 Å². The van der Waals surface area contributed by atoms with Crippen molar-refractivity contribution in [3.63, 3.8) is 0 Å². The van der Waals surface area contributed by atoms with Gasteiger partial charge >= 0.3 is 6.18 Å². The van der Waals surface area contributed by atoms with E-state index in [4.69, 9.17) is 5.73 Å². The molecule has 0 radical (unpaired) electrons. The van der Waals surface area contributed by atoms with Gasteiger partial charge in [0.05, 0.1) is 0 Å². The molecule has 0 aromatic carbocycles. The third-order valence-electron chi connectivity index (χ3n) is 2.96. The summed E-state index contributed by atoms with van der Waals surface area (Å²) in [7, 11) is 0. The van der Waals surface area contributed by atoms with Crippen LogP contribution in [0.25, 0.3) is 0 Å². The zero-order valence-corrected chi connectivity index (χ0v) is 9.98. The molecule has 0 spiro atoms. The summed E-state index contributed by atoms with van der Waals surface area (Å²) in [4.78, 5) is 1.88. The summed E-state index contributed by atoms with van der Waals surface area (Å²) in [5.41, 5.74) is 4.91. The first kappa shape index (κ1) is 13.1. The third-order valence-corrected chi connectivity index (χ3v) is 2.96. The summed E-state index contributed by atoms with van der Waals surface area (Å²) < 4.78 is 37.0. The molecule has 2 heterocycles. The van der Waals surface area contributed by atoms with Gasteiger partial charge in [0.2, 0.25) is 0 Å². The molecule has 7 heteroatoms.